The fourth-order valence-electron chi connectivity index (χ4n) is 1.09. The molecule has 0 amide bonds. The molecule has 3 heteroatoms. The Hall–Kier alpha value is -1.09. The van der Waals surface area contributed by atoms with Crippen molar-refractivity contribution in [2.75, 3.05) is 0 Å². The number of hydrogen-bond acceptors (Lipinski definition) is 2. The number of nitrogens with two attached hydrogens (primary N) is 1. The fourth-order valence-corrected chi connectivity index (χ4v) is 1.09. The van der Waals surface area contributed by atoms with Crippen molar-refractivity contribution in [2.45, 2.75) is 26.8 Å². The van der Waals surface area contributed by atoms with Gasteiger partial charge in [0, 0.05) is 17.3 Å². The molecule has 0 spiro atoms. The summed E-state index contributed by atoms with van der Waals surface area (Å²) in [4.78, 5) is 14.1. The molecule has 0 aliphatic heterocycles. The molecule has 0 aromatic carbocycles. The highest BCUT2D eigenvalue weighted by atomic mass is 16.1. The van der Waals surface area contributed by atoms with E-state index in [1.54, 1.807) is 6.92 Å². The van der Waals surface area contributed by atoms with Gasteiger partial charge in [-0.2, -0.15) is 0 Å². The molecule has 3 N–H and O–H groups in total. The van der Waals surface area contributed by atoms with Gasteiger partial charge in [-0.1, -0.05) is 0 Å². The summed E-state index contributed by atoms with van der Waals surface area (Å²) >= 11 is 0. The first-order chi connectivity index (χ1) is 5.52. The third-order valence-electron chi connectivity index (χ3n) is 2.02. The van der Waals surface area contributed by atoms with Crippen molar-refractivity contribution < 1.29 is 0 Å². The maximum absolute atomic E-state index is 11.3. The first kappa shape index (κ1) is 9.00. The molecule has 1 atom stereocenters. The molecule has 0 aliphatic carbocycles. The van der Waals surface area contributed by atoms with E-state index in [1.807, 2.05) is 19.9 Å². The van der Waals surface area contributed by atoms with Gasteiger partial charge in [-0.25, -0.2) is 0 Å². The number of aryl methyl sites for hydroxylation is 2. The minimum atomic E-state index is -0.201. The molecule has 0 unspecified atom stereocenters. The largest absolute Gasteiger partial charge is 0.326 e. The van der Waals surface area contributed by atoms with E-state index in [1.165, 1.54) is 0 Å². The molecule has 66 valence electrons. The topological polar surface area (TPSA) is 58.9 Å². The van der Waals surface area contributed by atoms with Crippen LogP contribution in [0.2, 0.25) is 0 Å². The van der Waals surface area contributed by atoms with E-state index in [0.29, 0.717) is 5.56 Å². The van der Waals surface area contributed by atoms with Crippen LogP contribution in [0.1, 0.15) is 29.8 Å². The predicted octanol–water partition coefficient (Wildman–Crippen LogP) is 1.01. The minimum Gasteiger partial charge on any atom is -0.326 e. The molecule has 1 aromatic heterocycles. The Kier molecular flexibility index (Phi) is 2.33. The molecule has 0 radical (unpaired) electrons. The van der Waals surface area contributed by atoms with Crippen molar-refractivity contribution in [1.82, 2.24) is 4.98 Å². The van der Waals surface area contributed by atoms with E-state index in [0.717, 1.165) is 11.3 Å². The molecular weight excluding hydrogens is 152 g/mol. The fraction of sp³-hybridized carbons (Fsp3) is 0.444. The summed E-state index contributed by atoms with van der Waals surface area (Å²) in [6, 6.07) is 1.65. The van der Waals surface area contributed by atoms with Gasteiger partial charge in [0.1, 0.15) is 0 Å². The van der Waals surface area contributed by atoms with Gasteiger partial charge >= 0.3 is 0 Å². The number of nitrogens with one attached hydrogen (secondary N) is 1. The lowest BCUT2D eigenvalue weighted by Gasteiger charge is -2.06. The lowest BCUT2D eigenvalue weighted by atomic mass is 10.1. The van der Waals surface area contributed by atoms with Gasteiger partial charge in [0.15, 0.2) is 0 Å². The molecule has 0 saturated heterocycles. The van der Waals surface area contributed by atoms with Gasteiger partial charge < -0.3 is 10.7 Å². The molecule has 12 heavy (non-hydrogen) atoms. The zero-order chi connectivity index (χ0) is 9.30. The van der Waals surface area contributed by atoms with E-state index in [-0.39, 0.29) is 11.6 Å². The molecule has 3 nitrogen and oxygen atoms in total. The summed E-state index contributed by atoms with van der Waals surface area (Å²) < 4.78 is 0. The van der Waals surface area contributed by atoms with Gasteiger partial charge in [-0.05, 0) is 32.4 Å². The second-order valence-electron chi connectivity index (χ2n) is 3.15. The van der Waals surface area contributed by atoms with Gasteiger partial charge in [-0.3, -0.25) is 4.79 Å². The van der Waals surface area contributed by atoms with Gasteiger partial charge in [0.05, 0.1) is 0 Å². The molecule has 0 saturated carbocycles. The third kappa shape index (κ3) is 1.56. The molecule has 1 rings (SSSR count). The van der Waals surface area contributed by atoms with Crippen LogP contribution in [0.15, 0.2) is 10.9 Å². The van der Waals surface area contributed by atoms with Gasteiger partial charge in [0.25, 0.3) is 5.56 Å². The number of hydrogen-bond donors (Lipinski definition) is 2. The molecular formula is C9H14N2O. The third-order valence-corrected chi connectivity index (χ3v) is 2.02. The second kappa shape index (κ2) is 3.11. The average Bonchev–Trinajstić information content (AvgIpc) is 1.96. The quantitative estimate of drug-likeness (QED) is 0.654. The SMILES string of the molecule is Cc1cc([C@H](C)N)c(=O)[nH]c1C. The Balaban J connectivity index is 3.33. The zero-order valence-corrected chi connectivity index (χ0v) is 7.64. The van der Waals surface area contributed by atoms with E-state index in [4.69, 9.17) is 5.73 Å². The highest BCUT2D eigenvalue weighted by Crippen LogP contribution is 2.07. The smallest absolute Gasteiger partial charge is 0.252 e. The van der Waals surface area contributed by atoms with Crippen molar-refractivity contribution in [1.29, 1.82) is 0 Å². The molecule has 0 aliphatic rings. The Morgan fingerprint density at radius 2 is 2.08 bits per heavy atom. The lowest BCUT2D eigenvalue weighted by Crippen LogP contribution is -2.20. The number of H-pyrrole nitrogens is 1. The summed E-state index contributed by atoms with van der Waals surface area (Å²) in [6.07, 6.45) is 0. The zero-order valence-electron chi connectivity index (χ0n) is 7.64. The highest BCUT2D eigenvalue weighted by Gasteiger charge is 2.06. The van der Waals surface area contributed by atoms with Crippen LogP contribution in [0.5, 0.6) is 0 Å². The molecule has 1 heterocycles. The summed E-state index contributed by atoms with van der Waals surface area (Å²) in [5.41, 5.74) is 8.17. The summed E-state index contributed by atoms with van der Waals surface area (Å²) in [7, 11) is 0. The number of aromatic amines is 1. The minimum absolute atomic E-state index is 0.0758. The number of rotatable bonds is 1. The van der Waals surface area contributed by atoms with Crippen molar-refractivity contribution in [3.8, 4) is 0 Å². The van der Waals surface area contributed by atoms with Crippen LogP contribution in [-0.2, 0) is 0 Å². The van der Waals surface area contributed by atoms with Crippen LogP contribution >= 0.6 is 0 Å². The van der Waals surface area contributed by atoms with Crippen LogP contribution in [0.25, 0.3) is 0 Å². The Bertz CT molecular complexity index is 339. The van der Waals surface area contributed by atoms with Crippen LogP contribution in [-0.4, -0.2) is 4.98 Å². The van der Waals surface area contributed by atoms with Crippen molar-refractivity contribution in [3.63, 3.8) is 0 Å². The van der Waals surface area contributed by atoms with Crippen molar-refractivity contribution in [3.05, 3.63) is 33.2 Å². The van der Waals surface area contributed by atoms with Gasteiger partial charge in [-0.15, -0.1) is 0 Å². The van der Waals surface area contributed by atoms with E-state index >= 15 is 0 Å². The van der Waals surface area contributed by atoms with Crippen molar-refractivity contribution in [2.24, 2.45) is 5.73 Å². The Morgan fingerprint density at radius 1 is 1.50 bits per heavy atom. The second-order valence-corrected chi connectivity index (χ2v) is 3.15. The normalized spacial score (nSPS) is 13.0. The monoisotopic (exact) mass is 166 g/mol. The van der Waals surface area contributed by atoms with E-state index in [9.17, 15) is 4.79 Å². The highest BCUT2D eigenvalue weighted by molar-refractivity contribution is 5.24. The number of aromatic nitrogens is 1. The van der Waals surface area contributed by atoms with E-state index in [2.05, 4.69) is 4.98 Å². The van der Waals surface area contributed by atoms with Crippen LogP contribution in [0.4, 0.5) is 0 Å². The summed E-state index contributed by atoms with van der Waals surface area (Å²) in [6.45, 7) is 5.64. The maximum Gasteiger partial charge on any atom is 0.252 e. The Morgan fingerprint density at radius 3 is 2.58 bits per heavy atom. The van der Waals surface area contributed by atoms with Crippen molar-refractivity contribution >= 4 is 0 Å². The van der Waals surface area contributed by atoms with Crippen LogP contribution in [0.3, 0.4) is 0 Å². The summed E-state index contributed by atoms with van der Waals surface area (Å²) in [5, 5.41) is 0. The molecule has 0 bridgehead atoms. The molecule has 0 fully saturated rings. The van der Waals surface area contributed by atoms with E-state index < -0.39 is 0 Å². The lowest BCUT2D eigenvalue weighted by molar-refractivity contribution is 0.794. The first-order valence-electron chi connectivity index (χ1n) is 3.98. The van der Waals surface area contributed by atoms with Crippen LogP contribution < -0.4 is 11.3 Å². The maximum atomic E-state index is 11.3. The first-order valence-corrected chi connectivity index (χ1v) is 3.98. The standard InChI is InChI=1S/C9H14N2O/c1-5-4-8(6(2)10)9(12)11-7(5)3/h4,6H,10H2,1-3H3,(H,11,12)/t6-/m0/s1. The van der Waals surface area contributed by atoms with Gasteiger partial charge in [0.2, 0.25) is 0 Å². The van der Waals surface area contributed by atoms with Crippen LogP contribution in [0, 0.1) is 13.8 Å². The molecule has 1 aromatic rings. The summed E-state index contributed by atoms with van der Waals surface area (Å²) in [5.74, 6) is 0. The number of pyridine rings is 1. The Labute approximate surface area is 71.6 Å². The predicted molar refractivity (Wildman–Crippen MR) is 49.1 cm³/mol. The average molecular weight is 166 g/mol.